The first kappa shape index (κ1) is 13.4. The van der Waals surface area contributed by atoms with Crippen molar-refractivity contribution in [3.63, 3.8) is 0 Å². The molecule has 1 heterocycles. The molecule has 1 amide bonds. The van der Waals surface area contributed by atoms with E-state index in [0.29, 0.717) is 12.5 Å². The maximum atomic E-state index is 12.0. The van der Waals surface area contributed by atoms with Crippen LogP contribution in [0.15, 0.2) is 24.3 Å². The number of ether oxygens (including phenoxy) is 1. The van der Waals surface area contributed by atoms with E-state index in [1.54, 1.807) is 0 Å². The largest absolute Gasteiger partial charge is 0.494 e. The normalized spacial score (nSPS) is 22.4. The van der Waals surface area contributed by atoms with Crippen LogP contribution >= 0.6 is 0 Å². The zero-order valence-corrected chi connectivity index (χ0v) is 12.0. The number of nitrogens with one attached hydrogen (secondary N) is 1. The Kier molecular flexibility index (Phi) is 3.92. The second kappa shape index (κ2) is 5.83. The Labute approximate surface area is 120 Å². The Morgan fingerprint density at radius 3 is 2.70 bits per heavy atom. The number of rotatable bonds is 6. The van der Waals surface area contributed by atoms with Gasteiger partial charge in [-0.3, -0.25) is 10.1 Å². The van der Waals surface area contributed by atoms with E-state index < -0.39 is 0 Å². The SMILES string of the molecule is CCCOc1ccc(C2NCC(=O)N2CC2CC2)cc1. The first-order valence-electron chi connectivity index (χ1n) is 7.53. The second-order valence-corrected chi connectivity index (χ2v) is 5.69. The van der Waals surface area contributed by atoms with E-state index in [9.17, 15) is 4.79 Å². The number of benzene rings is 1. The van der Waals surface area contributed by atoms with Crippen LogP contribution in [0.3, 0.4) is 0 Å². The highest BCUT2D eigenvalue weighted by atomic mass is 16.5. The fourth-order valence-corrected chi connectivity index (χ4v) is 2.59. The summed E-state index contributed by atoms with van der Waals surface area (Å²) in [5.41, 5.74) is 1.14. The number of nitrogens with zero attached hydrogens (tertiary/aromatic N) is 1. The minimum Gasteiger partial charge on any atom is -0.494 e. The van der Waals surface area contributed by atoms with E-state index in [-0.39, 0.29) is 12.1 Å². The maximum absolute atomic E-state index is 12.0. The lowest BCUT2D eigenvalue weighted by atomic mass is 10.1. The van der Waals surface area contributed by atoms with Gasteiger partial charge in [0.2, 0.25) is 5.91 Å². The first-order valence-corrected chi connectivity index (χ1v) is 7.53. The fourth-order valence-electron chi connectivity index (χ4n) is 2.59. The number of carbonyl (C=O) groups is 1. The Hall–Kier alpha value is -1.55. The molecule has 0 spiro atoms. The molecule has 1 saturated carbocycles. The molecular formula is C16H22N2O2. The summed E-state index contributed by atoms with van der Waals surface area (Å²) in [5, 5.41) is 3.30. The lowest BCUT2D eigenvalue weighted by Gasteiger charge is -2.24. The van der Waals surface area contributed by atoms with E-state index in [0.717, 1.165) is 30.9 Å². The summed E-state index contributed by atoms with van der Waals surface area (Å²) in [6.07, 6.45) is 3.57. The maximum Gasteiger partial charge on any atom is 0.238 e. The molecule has 20 heavy (non-hydrogen) atoms. The van der Waals surface area contributed by atoms with Gasteiger partial charge in [-0.25, -0.2) is 0 Å². The van der Waals surface area contributed by atoms with E-state index >= 15 is 0 Å². The van der Waals surface area contributed by atoms with Crippen LogP contribution in [0.1, 0.15) is 37.9 Å². The Morgan fingerprint density at radius 1 is 1.30 bits per heavy atom. The third kappa shape index (κ3) is 2.96. The molecule has 2 fully saturated rings. The lowest BCUT2D eigenvalue weighted by molar-refractivity contribution is -0.128. The lowest BCUT2D eigenvalue weighted by Crippen LogP contribution is -2.32. The number of hydrogen-bond donors (Lipinski definition) is 1. The summed E-state index contributed by atoms with van der Waals surface area (Å²) in [7, 11) is 0. The number of hydrogen-bond acceptors (Lipinski definition) is 3. The molecular weight excluding hydrogens is 252 g/mol. The van der Waals surface area contributed by atoms with Gasteiger partial charge in [0.25, 0.3) is 0 Å². The molecule has 1 N–H and O–H groups in total. The van der Waals surface area contributed by atoms with Crippen molar-refractivity contribution in [3.05, 3.63) is 29.8 Å². The van der Waals surface area contributed by atoms with Crippen LogP contribution in [0.25, 0.3) is 0 Å². The second-order valence-electron chi connectivity index (χ2n) is 5.69. The summed E-state index contributed by atoms with van der Waals surface area (Å²) in [5.74, 6) is 1.83. The van der Waals surface area contributed by atoms with Crippen molar-refractivity contribution in [2.45, 2.75) is 32.4 Å². The molecule has 1 aliphatic carbocycles. The van der Waals surface area contributed by atoms with Gasteiger partial charge in [-0.1, -0.05) is 19.1 Å². The molecule has 1 saturated heterocycles. The van der Waals surface area contributed by atoms with Crippen LogP contribution in [0.2, 0.25) is 0 Å². The molecule has 108 valence electrons. The van der Waals surface area contributed by atoms with E-state index in [2.05, 4.69) is 24.4 Å². The summed E-state index contributed by atoms with van der Waals surface area (Å²) < 4.78 is 5.59. The fraction of sp³-hybridized carbons (Fsp3) is 0.562. The smallest absolute Gasteiger partial charge is 0.238 e. The summed E-state index contributed by atoms with van der Waals surface area (Å²) in [4.78, 5) is 14.0. The van der Waals surface area contributed by atoms with Crippen LogP contribution in [0.5, 0.6) is 5.75 Å². The predicted octanol–water partition coefficient (Wildman–Crippen LogP) is 2.32. The first-order chi connectivity index (χ1) is 9.78. The van der Waals surface area contributed by atoms with Crippen LogP contribution in [-0.2, 0) is 4.79 Å². The number of carbonyl (C=O) groups excluding carboxylic acids is 1. The quantitative estimate of drug-likeness (QED) is 0.865. The van der Waals surface area contributed by atoms with Gasteiger partial charge in [-0.05, 0) is 42.9 Å². The molecule has 0 radical (unpaired) electrons. The molecule has 1 aliphatic heterocycles. The van der Waals surface area contributed by atoms with Crippen molar-refractivity contribution >= 4 is 5.91 Å². The van der Waals surface area contributed by atoms with Gasteiger partial charge in [0.05, 0.1) is 13.2 Å². The zero-order chi connectivity index (χ0) is 13.9. The topological polar surface area (TPSA) is 41.6 Å². The summed E-state index contributed by atoms with van der Waals surface area (Å²) in [6.45, 7) is 4.18. The highest BCUT2D eigenvalue weighted by molar-refractivity contribution is 5.81. The van der Waals surface area contributed by atoms with Crippen molar-refractivity contribution in [2.75, 3.05) is 19.7 Å². The van der Waals surface area contributed by atoms with Crippen LogP contribution < -0.4 is 10.1 Å². The van der Waals surface area contributed by atoms with Crippen molar-refractivity contribution in [1.29, 1.82) is 0 Å². The van der Waals surface area contributed by atoms with E-state index in [1.807, 2.05) is 17.0 Å². The third-order valence-corrected chi connectivity index (χ3v) is 3.90. The highest BCUT2D eigenvalue weighted by Gasteiger charge is 2.35. The van der Waals surface area contributed by atoms with Gasteiger partial charge in [0, 0.05) is 6.54 Å². The van der Waals surface area contributed by atoms with Gasteiger partial charge >= 0.3 is 0 Å². The Bertz CT molecular complexity index is 468. The Balaban J connectivity index is 1.68. The standard InChI is InChI=1S/C16H22N2O2/c1-2-9-20-14-7-5-13(6-8-14)16-17-10-15(19)18(16)11-12-3-4-12/h5-8,12,16-17H,2-4,9-11H2,1H3. The van der Waals surface area contributed by atoms with Crippen molar-refractivity contribution in [3.8, 4) is 5.75 Å². The molecule has 4 heteroatoms. The van der Waals surface area contributed by atoms with E-state index in [4.69, 9.17) is 4.74 Å². The minimum absolute atomic E-state index is 0.0309. The molecule has 2 aliphatic rings. The highest BCUT2D eigenvalue weighted by Crippen LogP contribution is 2.33. The van der Waals surface area contributed by atoms with Crippen molar-refractivity contribution in [2.24, 2.45) is 5.92 Å². The van der Waals surface area contributed by atoms with Crippen LogP contribution in [0.4, 0.5) is 0 Å². The molecule has 0 bridgehead atoms. The molecule has 3 rings (SSSR count). The van der Waals surface area contributed by atoms with Crippen LogP contribution in [-0.4, -0.2) is 30.5 Å². The third-order valence-electron chi connectivity index (χ3n) is 3.90. The average molecular weight is 274 g/mol. The summed E-state index contributed by atoms with van der Waals surface area (Å²) in [6, 6.07) is 8.10. The van der Waals surface area contributed by atoms with Gasteiger partial charge in [-0.15, -0.1) is 0 Å². The van der Waals surface area contributed by atoms with E-state index in [1.165, 1.54) is 12.8 Å². The molecule has 4 nitrogen and oxygen atoms in total. The zero-order valence-electron chi connectivity index (χ0n) is 12.0. The van der Waals surface area contributed by atoms with Crippen molar-refractivity contribution in [1.82, 2.24) is 10.2 Å². The van der Waals surface area contributed by atoms with Crippen molar-refractivity contribution < 1.29 is 9.53 Å². The predicted molar refractivity (Wildman–Crippen MR) is 77.4 cm³/mol. The number of amides is 1. The minimum atomic E-state index is 0.0309. The van der Waals surface area contributed by atoms with Crippen LogP contribution in [0, 0.1) is 5.92 Å². The molecule has 1 aromatic rings. The molecule has 1 atom stereocenters. The molecule has 1 unspecified atom stereocenters. The van der Waals surface area contributed by atoms with Gasteiger partial charge in [0.15, 0.2) is 0 Å². The summed E-state index contributed by atoms with van der Waals surface area (Å²) >= 11 is 0. The average Bonchev–Trinajstić information content (AvgIpc) is 3.22. The van der Waals surface area contributed by atoms with Gasteiger partial charge in [0.1, 0.15) is 11.9 Å². The van der Waals surface area contributed by atoms with Gasteiger partial charge < -0.3 is 9.64 Å². The Morgan fingerprint density at radius 2 is 2.05 bits per heavy atom. The molecule has 1 aromatic carbocycles. The monoisotopic (exact) mass is 274 g/mol. The molecule has 0 aromatic heterocycles. The van der Waals surface area contributed by atoms with Gasteiger partial charge in [-0.2, -0.15) is 0 Å².